The molecule has 0 saturated carbocycles. The molecule has 12 heteroatoms. The summed E-state index contributed by atoms with van der Waals surface area (Å²) in [6.07, 6.45) is -0.286. The lowest BCUT2D eigenvalue weighted by Gasteiger charge is -2.29. The van der Waals surface area contributed by atoms with Gasteiger partial charge in [-0.25, -0.2) is 4.79 Å². The summed E-state index contributed by atoms with van der Waals surface area (Å²) in [5.41, 5.74) is 10.9. The monoisotopic (exact) mass is 457 g/mol. The van der Waals surface area contributed by atoms with Gasteiger partial charge in [0, 0.05) is 13.0 Å². The van der Waals surface area contributed by atoms with Crippen molar-refractivity contribution in [3.05, 3.63) is 0 Å². The van der Waals surface area contributed by atoms with Crippen molar-refractivity contribution >= 4 is 29.6 Å². The Balaban J connectivity index is 2.85. The van der Waals surface area contributed by atoms with Crippen molar-refractivity contribution in [1.82, 2.24) is 15.5 Å². The molecular weight excluding hydrogens is 422 g/mol. The molecule has 1 fully saturated rings. The number of primary amides is 1. The second kappa shape index (κ2) is 12.3. The van der Waals surface area contributed by atoms with Crippen LogP contribution >= 0.6 is 0 Å². The summed E-state index contributed by atoms with van der Waals surface area (Å²) in [7, 11) is 0. The molecule has 0 spiro atoms. The standard InChI is InChI=1S/C20H35N5O7/c1-10(2)9-13(20(31)32)23-18(29)16(11(3)26)24-17(28)14-5-4-8-25(14)19(30)12(21)6-7-15(22)27/h10-14,16,26H,4-9,21H2,1-3H3,(H2,22,27)(H,23,29)(H,24,28)(H,31,32). The van der Waals surface area contributed by atoms with Crippen LogP contribution in [0.5, 0.6) is 0 Å². The van der Waals surface area contributed by atoms with Crippen LogP contribution < -0.4 is 22.1 Å². The van der Waals surface area contributed by atoms with Gasteiger partial charge < -0.3 is 37.2 Å². The maximum absolute atomic E-state index is 12.8. The molecule has 0 aromatic rings. The molecule has 32 heavy (non-hydrogen) atoms. The van der Waals surface area contributed by atoms with Crippen molar-refractivity contribution in [2.75, 3.05) is 6.54 Å². The van der Waals surface area contributed by atoms with Crippen molar-refractivity contribution in [2.45, 2.75) is 83.1 Å². The van der Waals surface area contributed by atoms with Crippen LogP contribution in [0.2, 0.25) is 0 Å². The van der Waals surface area contributed by atoms with Gasteiger partial charge in [0.1, 0.15) is 18.1 Å². The number of rotatable bonds is 12. The number of aliphatic hydroxyl groups is 1. The third kappa shape index (κ3) is 8.08. The Labute approximate surface area is 187 Å². The van der Waals surface area contributed by atoms with Crippen LogP contribution in [0.25, 0.3) is 0 Å². The molecule has 0 aromatic heterocycles. The SMILES string of the molecule is CC(C)CC(NC(=O)C(NC(=O)C1CCCN1C(=O)C(N)CCC(N)=O)C(C)O)C(=O)O. The summed E-state index contributed by atoms with van der Waals surface area (Å²) in [6.45, 7) is 5.17. The first-order chi connectivity index (χ1) is 14.8. The molecule has 5 unspecified atom stereocenters. The predicted octanol–water partition coefficient (Wildman–Crippen LogP) is -1.95. The van der Waals surface area contributed by atoms with E-state index in [2.05, 4.69) is 10.6 Å². The zero-order valence-electron chi connectivity index (χ0n) is 18.7. The van der Waals surface area contributed by atoms with Crippen LogP contribution in [0.4, 0.5) is 0 Å². The Hall–Kier alpha value is -2.73. The number of amides is 4. The highest BCUT2D eigenvalue weighted by atomic mass is 16.4. The summed E-state index contributed by atoms with van der Waals surface area (Å²) in [4.78, 5) is 61.7. The summed E-state index contributed by atoms with van der Waals surface area (Å²) in [6, 6.07) is -4.48. The number of nitrogens with two attached hydrogens (primary N) is 2. The van der Waals surface area contributed by atoms with E-state index in [0.717, 1.165) is 0 Å². The third-order valence-corrected chi connectivity index (χ3v) is 5.24. The zero-order chi connectivity index (χ0) is 24.6. The summed E-state index contributed by atoms with van der Waals surface area (Å²) >= 11 is 0. The number of aliphatic hydroxyl groups excluding tert-OH is 1. The summed E-state index contributed by atoms with van der Waals surface area (Å²) in [5.74, 6) is -3.82. The molecule has 1 aliphatic rings. The van der Waals surface area contributed by atoms with Crippen LogP contribution in [-0.4, -0.2) is 81.5 Å². The third-order valence-electron chi connectivity index (χ3n) is 5.24. The smallest absolute Gasteiger partial charge is 0.326 e. The van der Waals surface area contributed by atoms with Gasteiger partial charge in [-0.2, -0.15) is 0 Å². The van der Waals surface area contributed by atoms with E-state index in [1.807, 2.05) is 0 Å². The molecule has 1 rings (SSSR count). The highest BCUT2D eigenvalue weighted by molar-refractivity contribution is 5.94. The Morgan fingerprint density at radius 3 is 2.25 bits per heavy atom. The van der Waals surface area contributed by atoms with Crippen molar-refractivity contribution in [3.8, 4) is 0 Å². The fourth-order valence-electron chi connectivity index (χ4n) is 3.55. The van der Waals surface area contributed by atoms with Gasteiger partial charge in [0.25, 0.3) is 0 Å². The van der Waals surface area contributed by atoms with E-state index >= 15 is 0 Å². The highest BCUT2D eigenvalue weighted by Gasteiger charge is 2.38. The zero-order valence-corrected chi connectivity index (χ0v) is 18.7. The number of likely N-dealkylation sites (tertiary alicyclic amines) is 1. The molecule has 182 valence electrons. The van der Waals surface area contributed by atoms with Crippen molar-refractivity contribution in [2.24, 2.45) is 17.4 Å². The molecule has 12 nitrogen and oxygen atoms in total. The van der Waals surface area contributed by atoms with E-state index < -0.39 is 59.9 Å². The van der Waals surface area contributed by atoms with E-state index in [1.54, 1.807) is 13.8 Å². The topological polar surface area (TPSA) is 205 Å². The first-order valence-electron chi connectivity index (χ1n) is 10.7. The molecule has 0 aromatic carbocycles. The van der Waals surface area contributed by atoms with Gasteiger partial charge in [-0.15, -0.1) is 0 Å². The van der Waals surface area contributed by atoms with E-state index in [4.69, 9.17) is 11.5 Å². The number of carboxylic acids is 1. The molecule has 0 bridgehead atoms. The van der Waals surface area contributed by atoms with E-state index in [0.29, 0.717) is 12.8 Å². The second-order valence-electron chi connectivity index (χ2n) is 8.56. The van der Waals surface area contributed by atoms with Crippen LogP contribution in [0.15, 0.2) is 0 Å². The molecule has 5 atom stereocenters. The van der Waals surface area contributed by atoms with Crippen LogP contribution in [0.3, 0.4) is 0 Å². The maximum Gasteiger partial charge on any atom is 0.326 e. The minimum absolute atomic E-state index is 0.00664. The second-order valence-corrected chi connectivity index (χ2v) is 8.56. The number of nitrogens with zero attached hydrogens (tertiary/aromatic N) is 1. The Morgan fingerprint density at radius 2 is 1.75 bits per heavy atom. The number of carbonyl (C=O) groups excluding carboxylic acids is 4. The van der Waals surface area contributed by atoms with Gasteiger partial charge in [0.15, 0.2) is 0 Å². The van der Waals surface area contributed by atoms with E-state index in [-0.39, 0.29) is 31.7 Å². The first kappa shape index (κ1) is 27.3. The number of hydrogen-bond donors (Lipinski definition) is 6. The van der Waals surface area contributed by atoms with Crippen LogP contribution in [-0.2, 0) is 24.0 Å². The summed E-state index contributed by atoms with van der Waals surface area (Å²) in [5, 5.41) is 24.1. The highest BCUT2D eigenvalue weighted by Crippen LogP contribution is 2.19. The number of carboxylic acid groups (broad SMARTS) is 1. The molecule has 0 aliphatic carbocycles. The largest absolute Gasteiger partial charge is 0.480 e. The molecule has 8 N–H and O–H groups in total. The molecule has 1 aliphatic heterocycles. The number of hydrogen-bond acceptors (Lipinski definition) is 7. The maximum atomic E-state index is 12.8. The lowest BCUT2D eigenvalue weighted by atomic mass is 10.0. The normalized spacial score (nSPS) is 19.7. The minimum Gasteiger partial charge on any atom is -0.480 e. The lowest BCUT2D eigenvalue weighted by Crippen LogP contribution is -2.59. The predicted molar refractivity (Wildman–Crippen MR) is 114 cm³/mol. The fraction of sp³-hybridized carbons (Fsp3) is 0.750. The number of carbonyl (C=O) groups is 5. The molecule has 4 amide bonds. The Morgan fingerprint density at radius 1 is 1.12 bits per heavy atom. The van der Waals surface area contributed by atoms with E-state index in [9.17, 15) is 34.2 Å². The summed E-state index contributed by atoms with van der Waals surface area (Å²) < 4.78 is 0. The number of aliphatic carboxylic acids is 1. The Kier molecular flexibility index (Phi) is 10.5. The fourth-order valence-corrected chi connectivity index (χ4v) is 3.55. The molecule has 1 saturated heterocycles. The average molecular weight is 458 g/mol. The van der Waals surface area contributed by atoms with E-state index in [1.165, 1.54) is 11.8 Å². The number of nitrogens with one attached hydrogen (secondary N) is 2. The quantitative estimate of drug-likeness (QED) is 0.194. The van der Waals surface area contributed by atoms with Gasteiger partial charge in [0.2, 0.25) is 23.6 Å². The lowest BCUT2D eigenvalue weighted by molar-refractivity contribution is -0.144. The van der Waals surface area contributed by atoms with Gasteiger partial charge in [0.05, 0.1) is 12.1 Å². The van der Waals surface area contributed by atoms with Gasteiger partial charge >= 0.3 is 5.97 Å². The first-order valence-corrected chi connectivity index (χ1v) is 10.7. The molecular formula is C20H35N5O7. The van der Waals surface area contributed by atoms with Crippen molar-refractivity contribution in [3.63, 3.8) is 0 Å². The van der Waals surface area contributed by atoms with Crippen molar-refractivity contribution in [1.29, 1.82) is 0 Å². The van der Waals surface area contributed by atoms with Crippen molar-refractivity contribution < 1.29 is 34.2 Å². The van der Waals surface area contributed by atoms with Crippen LogP contribution in [0.1, 0.15) is 52.9 Å². The van der Waals surface area contributed by atoms with Crippen LogP contribution in [0, 0.1) is 5.92 Å². The minimum atomic E-state index is -1.41. The molecule has 1 heterocycles. The Bertz CT molecular complexity index is 712. The van der Waals surface area contributed by atoms with Gasteiger partial charge in [-0.1, -0.05) is 13.8 Å². The van der Waals surface area contributed by atoms with Gasteiger partial charge in [-0.05, 0) is 38.5 Å². The van der Waals surface area contributed by atoms with Gasteiger partial charge in [-0.3, -0.25) is 19.2 Å². The average Bonchev–Trinajstić information content (AvgIpc) is 3.17. The molecule has 0 radical (unpaired) electrons.